The van der Waals surface area contributed by atoms with Gasteiger partial charge >= 0.3 is 0 Å². The zero-order valence-corrected chi connectivity index (χ0v) is 19.0. The Hall–Kier alpha value is -3.91. The molecule has 0 fully saturated rings. The van der Waals surface area contributed by atoms with E-state index in [0.717, 1.165) is 33.5 Å². The molecule has 7 nitrogen and oxygen atoms in total. The van der Waals surface area contributed by atoms with Gasteiger partial charge in [-0.05, 0) is 55.0 Å². The van der Waals surface area contributed by atoms with Crippen molar-refractivity contribution in [3.05, 3.63) is 101 Å². The quantitative estimate of drug-likeness (QED) is 0.350. The molecule has 0 amide bonds. The molecule has 0 aliphatic carbocycles. The van der Waals surface area contributed by atoms with Crippen molar-refractivity contribution in [2.24, 2.45) is 0 Å². The number of aryl methyl sites for hydroxylation is 1. The van der Waals surface area contributed by atoms with E-state index in [1.54, 1.807) is 23.8 Å². The van der Waals surface area contributed by atoms with E-state index in [-0.39, 0.29) is 5.56 Å². The van der Waals surface area contributed by atoms with Gasteiger partial charge in [0.2, 0.25) is 0 Å². The van der Waals surface area contributed by atoms with Crippen molar-refractivity contribution in [2.45, 2.75) is 17.8 Å². The molecular formula is C25H21N5O2S. The van der Waals surface area contributed by atoms with Crippen molar-refractivity contribution in [3.63, 3.8) is 0 Å². The van der Waals surface area contributed by atoms with E-state index in [2.05, 4.69) is 15.2 Å². The first-order valence-corrected chi connectivity index (χ1v) is 11.4. The molecule has 5 aromatic rings. The first kappa shape index (κ1) is 21.0. The fourth-order valence-corrected chi connectivity index (χ4v) is 4.42. The number of para-hydroxylation sites is 1. The van der Waals surface area contributed by atoms with Crippen molar-refractivity contribution < 1.29 is 4.74 Å². The summed E-state index contributed by atoms with van der Waals surface area (Å²) in [5.74, 6) is 2.00. The normalized spacial score (nSPS) is 11.1. The van der Waals surface area contributed by atoms with Crippen LogP contribution < -0.4 is 10.3 Å². The molecule has 0 saturated heterocycles. The van der Waals surface area contributed by atoms with Crippen LogP contribution in [0.1, 0.15) is 11.3 Å². The van der Waals surface area contributed by atoms with Gasteiger partial charge in [0.15, 0.2) is 11.0 Å². The van der Waals surface area contributed by atoms with E-state index in [0.29, 0.717) is 17.1 Å². The molecule has 0 aliphatic heterocycles. The van der Waals surface area contributed by atoms with Gasteiger partial charge in [-0.1, -0.05) is 36.0 Å². The van der Waals surface area contributed by atoms with Crippen molar-refractivity contribution in [3.8, 4) is 22.8 Å². The molecule has 3 heterocycles. The van der Waals surface area contributed by atoms with Crippen LogP contribution in [0.2, 0.25) is 0 Å². The third kappa shape index (κ3) is 4.25. The van der Waals surface area contributed by atoms with E-state index in [9.17, 15) is 4.79 Å². The van der Waals surface area contributed by atoms with Gasteiger partial charge in [0.25, 0.3) is 5.56 Å². The molecular weight excluding hydrogens is 434 g/mol. The maximum Gasteiger partial charge on any atom is 0.258 e. The zero-order chi connectivity index (χ0) is 22.8. The van der Waals surface area contributed by atoms with E-state index in [1.165, 1.54) is 11.8 Å². The monoisotopic (exact) mass is 455 g/mol. The number of ether oxygens (including phenoxy) is 1. The van der Waals surface area contributed by atoms with Crippen LogP contribution in [0.5, 0.6) is 5.75 Å². The summed E-state index contributed by atoms with van der Waals surface area (Å²) in [5.41, 5.74) is 4.13. The Kier molecular flexibility index (Phi) is 5.66. The number of thioether (sulfide) groups is 1. The topological polar surface area (TPSA) is 74.3 Å². The van der Waals surface area contributed by atoms with Crippen LogP contribution in [0.4, 0.5) is 0 Å². The first-order chi connectivity index (χ1) is 16.1. The summed E-state index contributed by atoms with van der Waals surface area (Å²) < 4.78 is 8.86. The Morgan fingerprint density at radius 1 is 0.970 bits per heavy atom. The Balaban J connectivity index is 1.51. The smallest absolute Gasteiger partial charge is 0.258 e. The van der Waals surface area contributed by atoms with Crippen molar-refractivity contribution in [1.82, 2.24) is 24.1 Å². The second-order valence-corrected chi connectivity index (χ2v) is 8.46. The average Bonchev–Trinajstić information content (AvgIpc) is 3.28. The third-order valence-electron chi connectivity index (χ3n) is 5.21. The lowest BCUT2D eigenvalue weighted by molar-refractivity contribution is 0.415. The maximum absolute atomic E-state index is 12.6. The Morgan fingerprint density at radius 3 is 2.52 bits per heavy atom. The summed E-state index contributed by atoms with van der Waals surface area (Å²) in [4.78, 5) is 17.2. The summed E-state index contributed by atoms with van der Waals surface area (Å²) in [5, 5.41) is 9.65. The van der Waals surface area contributed by atoms with Gasteiger partial charge < -0.3 is 4.74 Å². The average molecular weight is 456 g/mol. The Labute approximate surface area is 194 Å². The van der Waals surface area contributed by atoms with E-state index in [1.807, 2.05) is 78.2 Å². The standard InChI is InChI=1S/C25H21N5O2S/c1-17-8-13-22-26-19(14-23(31)29(22)15-17)16-33-25-28-27-24(18-9-11-21(32-2)12-10-18)30(25)20-6-4-3-5-7-20/h3-15H,16H2,1-2H3. The number of fused-ring (bicyclic) bond motifs is 1. The van der Waals surface area contributed by atoms with E-state index in [4.69, 9.17) is 4.74 Å². The summed E-state index contributed by atoms with van der Waals surface area (Å²) in [6, 6.07) is 23.1. The minimum Gasteiger partial charge on any atom is -0.497 e. The lowest BCUT2D eigenvalue weighted by atomic mass is 10.2. The highest BCUT2D eigenvalue weighted by atomic mass is 32.2. The summed E-state index contributed by atoms with van der Waals surface area (Å²) in [6.45, 7) is 1.95. The number of aromatic nitrogens is 5. The van der Waals surface area contributed by atoms with Gasteiger partial charge in [0, 0.05) is 29.3 Å². The predicted molar refractivity (Wildman–Crippen MR) is 129 cm³/mol. The molecule has 0 radical (unpaired) electrons. The highest BCUT2D eigenvalue weighted by molar-refractivity contribution is 7.98. The predicted octanol–water partition coefficient (Wildman–Crippen LogP) is 4.55. The third-order valence-corrected chi connectivity index (χ3v) is 6.17. The van der Waals surface area contributed by atoms with E-state index >= 15 is 0 Å². The number of rotatable bonds is 6. The number of pyridine rings is 1. The molecule has 0 saturated carbocycles. The van der Waals surface area contributed by atoms with E-state index < -0.39 is 0 Å². The molecule has 0 bridgehead atoms. The second-order valence-electron chi connectivity index (χ2n) is 7.51. The molecule has 0 aliphatic rings. The molecule has 0 spiro atoms. The summed E-state index contributed by atoms with van der Waals surface area (Å²) in [6.07, 6.45) is 1.80. The van der Waals surface area contributed by atoms with Gasteiger partial charge in [-0.3, -0.25) is 13.8 Å². The Morgan fingerprint density at radius 2 is 1.76 bits per heavy atom. The summed E-state index contributed by atoms with van der Waals surface area (Å²) >= 11 is 1.49. The molecule has 2 aromatic carbocycles. The van der Waals surface area contributed by atoms with Crippen LogP contribution in [-0.4, -0.2) is 31.3 Å². The molecule has 33 heavy (non-hydrogen) atoms. The van der Waals surface area contributed by atoms with Gasteiger partial charge in [-0.15, -0.1) is 10.2 Å². The fourth-order valence-electron chi connectivity index (χ4n) is 3.57. The molecule has 8 heteroatoms. The second kappa shape index (κ2) is 8.91. The van der Waals surface area contributed by atoms with Crippen LogP contribution in [0.25, 0.3) is 22.7 Å². The fraction of sp³-hybridized carbons (Fsp3) is 0.120. The molecule has 5 rings (SSSR count). The zero-order valence-electron chi connectivity index (χ0n) is 18.2. The van der Waals surface area contributed by atoms with Crippen molar-refractivity contribution in [1.29, 1.82) is 0 Å². The molecule has 164 valence electrons. The number of benzene rings is 2. The van der Waals surface area contributed by atoms with Gasteiger partial charge in [0.1, 0.15) is 11.4 Å². The van der Waals surface area contributed by atoms with Crippen LogP contribution in [0, 0.1) is 6.92 Å². The lowest BCUT2D eigenvalue weighted by Crippen LogP contribution is -2.15. The van der Waals surface area contributed by atoms with Crippen LogP contribution in [0.3, 0.4) is 0 Å². The maximum atomic E-state index is 12.6. The van der Waals surface area contributed by atoms with Gasteiger partial charge in [0.05, 0.1) is 12.8 Å². The number of hydrogen-bond donors (Lipinski definition) is 0. The van der Waals surface area contributed by atoms with Crippen LogP contribution in [-0.2, 0) is 5.75 Å². The van der Waals surface area contributed by atoms with Crippen molar-refractivity contribution >= 4 is 17.4 Å². The van der Waals surface area contributed by atoms with Crippen LogP contribution >= 0.6 is 11.8 Å². The Bertz CT molecular complexity index is 1480. The first-order valence-electron chi connectivity index (χ1n) is 10.4. The molecule has 3 aromatic heterocycles. The number of hydrogen-bond acceptors (Lipinski definition) is 6. The SMILES string of the molecule is COc1ccc(-c2nnc(SCc3cc(=O)n4cc(C)ccc4n3)n2-c2ccccc2)cc1. The highest BCUT2D eigenvalue weighted by Gasteiger charge is 2.17. The molecule has 0 N–H and O–H groups in total. The lowest BCUT2D eigenvalue weighted by Gasteiger charge is -2.11. The number of methoxy groups -OCH3 is 1. The number of nitrogens with zero attached hydrogens (tertiary/aromatic N) is 5. The summed E-state index contributed by atoms with van der Waals surface area (Å²) in [7, 11) is 1.64. The highest BCUT2D eigenvalue weighted by Crippen LogP contribution is 2.30. The van der Waals surface area contributed by atoms with Gasteiger partial charge in [-0.25, -0.2) is 4.98 Å². The molecule has 0 atom stereocenters. The minimum atomic E-state index is -0.0947. The largest absolute Gasteiger partial charge is 0.497 e. The molecule has 0 unspecified atom stereocenters. The van der Waals surface area contributed by atoms with Gasteiger partial charge in [-0.2, -0.15) is 0 Å². The minimum absolute atomic E-state index is 0.0947. The van der Waals surface area contributed by atoms with Crippen LogP contribution in [0.15, 0.2) is 88.9 Å². The van der Waals surface area contributed by atoms with Crippen molar-refractivity contribution in [2.75, 3.05) is 7.11 Å².